The largest absolute Gasteiger partial charge is 0.497 e. The fourth-order valence-corrected chi connectivity index (χ4v) is 2.81. The first kappa shape index (κ1) is 16.8. The number of nitrogens with zero attached hydrogens (tertiary/aromatic N) is 3. The standard InChI is InChI=1S/C21H18N4O2/c1-26-17-11-19-18(20(12-17)27-2)13-23-21(25-19)14-3-5-15(6-4-14)24-16-7-9-22-10-8-16/h3-13H,1-2H3,(H,22,24). The zero-order valence-electron chi connectivity index (χ0n) is 15.0. The van der Waals surface area contributed by atoms with Crippen molar-refractivity contribution in [1.29, 1.82) is 0 Å². The highest BCUT2D eigenvalue weighted by Gasteiger charge is 2.09. The number of anilines is 2. The highest BCUT2D eigenvalue weighted by Crippen LogP contribution is 2.31. The summed E-state index contributed by atoms with van der Waals surface area (Å²) in [6, 6.07) is 15.5. The summed E-state index contributed by atoms with van der Waals surface area (Å²) in [4.78, 5) is 13.2. The van der Waals surface area contributed by atoms with E-state index in [-0.39, 0.29) is 0 Å². The average molecular weight is 358 g/mol. The van der Waals surface area contributed by atoms with Gasteiger partial charge in [-0.15, -0.1) is 0 Å². The van der Waals surface area contributed by atoms with E-state index in [0.29, 0.717) is 17.3 Å². The van der Waals surface area contributed by atoms with E-state index in [2.05, 4.69) is 20.3 Å². The minimum atomic E-state index is 0.647. The Morgan fingerprint density at radius 3 is 2.30 bits per heavy atom. The summed E-state index contributed by atoms with van der Waals surface area (Å²) in [6.07, 6.45) is 5.28. The topological polar surface area (TPSA) is 69.2 Å². The summed E-state index contributed by atoms with van der Waals surface area (Å²) in [5.41, 5.74) is 3.67. The number of methoxy groups -OCH3 is 2. The van der Waals surface area contributed by atoms with Crippen LogP contribution in [0.2, 0.25) is 0 Å². The predicted octanol–water partition coefficient (Wildman–Crippen LogP) is 4.45. The quantitative estimate of drug-likeness (QED) is 0.568. The molecule has 6 heteroatoms. The highest BCUT2D eigenvalue weighted by molar-refractivity contribution is 5.87. The predicted molar refractivity (Wildman–Crippen MR) is 106 cm³/mol. The van der Waals surface area contributed by atoms with Gasteiger partial charge in [0.15, 0.2) is 5.82 Å². The number of rotatable bonds is 5. The zero-order chi connectivity index (χ0) is 18.6. The van der Waals surface area contributed by atoms with Gasteiger partial charge in [0.05, 0.1) is 25.1 Å². The van der Waals surface area contributed by atoms with Crippen LogP contribution in [0.3, 0.4) is 0 Å². The summed E-state index contributed by atoms with van der Waals surface area (Å²) in [6.45, 7) is 0. The number of pyridine rings is 1. The molecule has 2 aromatic heterocycles. The van der Waals surface area contributed by atoms with Gasteiger partial charge in [0, 0.05) is 47.7 Å². The van der Waals surface area contributed by atoms with Crippen LogP contribution in [0, 0.1) is 0 Å². The van der Waals surface area contributed by atoms with E-state index in [9.17, 15) is 0 Å². The van der Waals surface area contributed by atoms with Crippen LogP contribution in [0.5, 0.6) is 11.5 Å². The maximum atomic E-state index is 5.42. The molecule has 6 nitrogen and oxygen atoms in total. The Hall–Kier alpha value is -3.67. The van der Waals surface area contributed by atoms with Gasteiger partial charge in [-0.05, 0) is 36.4 Å². The Kier molecular flexibility index (Phi) is 4.53. The molecule has 1 N–H and O–H groups in total. The first-order chi connectivity index (χ1) is 13.3. The molecule has 134 valence electrons. The Labute approximate surface area is 156 Å². The van der Waals surface area contributed by atoms with Crippen LogP contribution in [0.15, 0.2) is 67.1 Å². The van der Waals surface area contributed by atoms with E-state index in [1.54, 1.807) is 32.8 Å². The van der Waals surface area contributed by atoms with Gasteiger partial charge in [0.25, 0.3) is 0 Å². The molecule has 0 saturated carbocycles. The van der Waals surface area contributed by atoms with E-state index >= 15 is 0 Å². The van der Waals surface area contributed by atoms with E-state index in [1.165, 1.54) is 0 Å². The summed E-state index contributed by atoms with van der Waals surface area (Å²) < 4.78 is 10.7. The van der Waals surface area contributed by atoms with Crippen molar-refractivity contribution in [3.05, 3.63) is 67.1 Å². The molecule has 0 aliphatic heterocycles. The number of hydrogen-bond acceptors (Lipinski definition) is 6. The molecule has 0 bridgehead atoms. The first-order valence-corrected chi connectivity index (χ1v) is 8.43. The van der Waals surface area contributed by atoms with Crippen LogP contribution in [-0.4, -0.2) is 29.2 Å². The van der Waals surface area contributed by atoms with Gasteiger partial charge in [0.1, 0.15) is 11.5 Å². The Bertz CT molecular complexity index is 1070. The lowest BCUT2D eigenvalue weighted by molar-refractivity contribution is 0.397. The number of benzene rings is 2. The van der Waals surface area contributed by atoms with Crippen molar-refractivity contribution in [1.82, 2.24) is 15.0 Å². The van der Waals surface area contributed by atoms with Crippen LogP contribution in [0.4, 0.5) is 11.4 Å². The summed E-state index contributed by atoms with van der Waals surface area (Å²) in [5, 5.41) is 4.17. The molecule has 4 aromatic rings. The van der Waals surface area contributed by atoms with E-state index in [0.717, 1.165) is 27.8 Å². The molecule has 2 heterocycles. The van der Waals surface area contributed by atoms with Crippen molar-refractivity contribution >= 4 is 22.3 Å². The molecule has 27 heavy (non-hydrogen) atoms. The lowest BCUT2D eigenvalue weighted by Crippen LogP contribution is -1.95. The van der Waals surface area contributed by atoms with Crippen molar-refractivity contribution in [2.45, 2.75) is 0 Å². The molecule has 0 atom stereocenters. The molecule has 2 aromatic carbocycles. The van der Waals surface area contributed by atoms with Gasteiger partial charge in [-0.25, -0.2) is 9.97 Å². The van der Waals surface area contributed by atoms with Crippen LogP contribution >= 0.6 is 0 Å². The molecule has 0 spiro atoms. The average Bonchev–Trinajstić information content (AvgIpc) is 2.73. The smallest absolute Gasteiger partial charge is 0.159 e. The van der Waals surface area contributed by atoms with E-state index in [1.807, 2.05) is 48.5 Å². The fourth-order valence-electron chi connectivity index (χ4n) is 2.81. The third kappa shape index (κ3) is 3.50. The summed E-state index contributed by atoms with van der Waals surface area (Å²) in [7, 11) is 3.24. The zero-order valence-corrected chi connectivity index (χ0v) is 15.0. The second-order valence-corrected chi connectivity index (χ2v) is 5.89. The Balaban J connectivity index is 1.65. The highest BCUT2D eigenvalue weighted by atomic mass is 16.5. The third-order valence-electron chi connectivity index (χ3n) is 4.20. The lowest BCUT2D eigenvalue weighted by atomic mass is 10.1. The molecule has 0 aliphatic carbocycles. The van der Waals surface area contributed by atoms with Gasteiger partial charge in [-0.3, -0.25) is 4.98 Å². The maximum absolute atomic E-state index is 5.42. The molecule has 0 radical (unpaired) electrons. The molecule has 0 fully saturated rings. The molecular formula is C21H18N4O2. The molecule has 0 unspecified atom stereocenters. The van der Waals surface area contributed by atoms with Crippen LogP contribution < -0.4 is 14.8 Å². The minimum absolute atomic E-state index is 0.647. The molecule has 0 aliphatic rings. The maximum Gasteiger partial charge on any atom is 0.159 e. The Morgan fingerprint density at radius 1 is 0.852 bits per heavy atom. The van der Waals surface area contributed by atoms with Crippen molar-refractivity contribution < 1.29 is 9.47 Å². The molecule has 4 rings (SSSR count). The van der Waals surface area contributed by atoms with Crippen molar-refractivity contribution in [3.63, 3.8) is 0 Å². The number of hydrogen-bond donors (Lipinski definition) is 1. The van der Waals surface area contributed by atoms with Gasteiger partial charge < -0.3 is 14.8 Å². The number of ether oxygens (including phenoxy) is 2. The lowest BCUT2D eigenvalue weighted by Gasteiger charge is -2.10. The van der Waals surface area contributed by atoms with Gasteiger partial charge in [0.2, 0.25) is 0 Å². The third-order valence-corrected chi connectivity index (χ3v) is 4.20. The van der Waals surface area contributed by atoms with Crippen molar-refractivity contribution in [2.24, 2.45) is 0 Å². The van der Waals surface area contributed by atoms with E-state index in [4.69, 9.17) is 9.47 Å². The number of fused-ring (bicyclic) bond motifs is 1. The summed E-state index contributed by atoms with van der Waals surface area (Å²) >= 11 is 0. The fraction of sp³-hybridized carbons (Fsp3) is 0.0952. The van der Waals surface area contributed by atoms with Crippen LogP contribution in [0.1, 0.15) is 0 Å². The van der Waals surface area contributed by atoms with Gasteiger partial charge in [-0.1, -0.05) is 0 Å². The van der Waals surface area contributed by atoms with E-state index < -0.39 is 0 Å². The monoisotopic (exact) mass is 358 g/mol. The minimum Gasteiger partial charge on any atom is -0.497 e. The SMILES string of the molecule is COc1cc(OC)c2cnc(-c3ccc(Nc4ccncc4)cc3)nc2c1. The summed E-state index contributed by atoms with van der Waals surface area (Å²) in [5.74, 6) is 2.03. The first-order valence-electron chi connectivity index (χ1n) is 8.43. The van der Waals surface area contributed by atoms with Crippen molar-refractivity contribution in [2.75, 3.05) is 19.5 Å². The normalized spacial score (nSPS) is 10.6. The molecular weight excluding hydrogens is 340 g/mol. The van der Waals surface area contributed by atoms with Crippen molar-refractivity contribution in [3.8, 4) is 22.9 Å². The van der Waals surface area contributed by atoms with Gasteiger partial charge in [-0.2, -0.15) is 0 Å². The second kappa shape index (κ2) is 7.29. The second-order valence-electron chi connectivity index (χ2n) is 5.89. The molecule has 0 amide bonds. The number of aromatic nitrogens is 3. The van der Waals surface area contributed by atoms with Crippen LogP contribution in [-0.2, 0) is 0 Å². The Morgan fingerprint density at radius 2 is 1.59 bits per heavy atom. The van der Waals surface area contributed by atoms with Gasteiger partial charge >= 0.3 is 0 Å². The van der Waals surface area contributed by atoms with Crippen LogP contribution in [0.25, 0.3) is 22.3 Å². The molecule has 0 saturated heterocycles. The number of nitrogens with one attached hydrogen (secondary N) is 1.